The van der Waals surface area contributed by atoms with Crippen LogP contribution < -0.4 is 10.1 Å². The molecule has 3 N–H and O–H groups in total. The number of phenols is 1. The van der Waals surface area contributed by atoms with Crippen molar-refractivity contribution in [3.8, 4) is 23.0 Å². The van der Waals surface area contributed by atoms with Gasteiger partial charge in [-0.05, 0) is 79.3 Å². The second-order valence-corrected chi connectivity index (χ2v) is 12.0. The minimum atomic E-state index is -0.917. The van der Waals surface area contributed by atoms with Gasteiger partial charge in [-0.25, -0.2) is 13.2 Å². The molecule has 2 saturated heterocycles. The van der Waals surface area contributed by atoms with Crippen LogP contribution in [0, 0.1) is 11.6 Å². The first-order valence-electron chi connectivity index (χ1n) is 15.4. The van der Waals surface area contributed by atoms with E-state index in [0.29, 0.717) is 53.5 Å². The first-order valence-corrected chi connectivity index (χ1v) is 15.4. The van der Waals surface area contributed by atoms with Crippen molar-refractivity contribution in [1.82, 2.24) is 30.0 Å². The van der Waals surface area contributed by atoms with Crippen LogP contribution in [0.5, 0.6) is 11.8 Å². The third-order valence-corrected chi connectivity index (χ3v) is 9.12. The molecule has 5 aromatic rings. The van der Waals surface area contributed by atoms with Gasteiger partial charge >= 0.3 is 6.01 Å². The molecule has 45 heavy (non-hydrogen) atoms. The first-order chi connectivity index (χ1) is 21.8. The lowest BCUT2D eigenvalue weighted by atomic mass is 9.94. The van der Waals surface area contributed by atoms with Gasteiger partial charge in [0.05, 0.1) is 16.6 Å². The molecule has 0 saturated carbocycles. The molecule has 7 rings (SSSR count). The highest BCUT2D eigenvalue weighted by Gasteiger charge is 2.49. The van der Waals surface area contributed by atoms with E-state index in [9.17, 15) is 13.9 Å². The lowest BCUT2D eigenvalue weighted by Gasteiger charge is -2.30. The van der Waals surface area contributed by atoms with Crippen molar-refractivity contribution >= 4 is 27.5 Å². The number of H-pyrrole nitrogens is 1. The number of alkyl halides is 1. The molecule has 9 nitrogen and oxygen atoms in total. The van der Waals surface area contributed by atoms with Crippen LogP contribution >= 0.6 is 0 Å². The van der Waals surface area contributed by atoms with Crippen LogP contribution in [0.1, 0.15) is 43.9 Å². The molecule has 0 aliphatic carbocycles. The quantitative estimate of drug-likeness (QED) is 0.161. The number of nitrogens with zero attached hydrogens (tertiary/aromatic N) is 5. The monoisotopic (exact) mass is 617 g/mol. The molecule has 3 aromatic heterocycles. The highest BCUT2D eigenvalue weighted by atomic mass is 19.1. The summed E-state index contributed by atoms with van der Waals surface area (Å²) in [5.74, 6) is -0.906. The number of halogens is 3. The van der Waals surface area contributed by atoms with Crippen LogP contribution in [0.2, 0.25) is 0 Å². The normalized spacial score (nSPS) is 19.9. The predicted octanol–water partition coefficient (Wildman–Crippen LogP) is 6.11. The SMILES string of the molecule is CCc1c(F)ccc2cc(O)cc(-c3ncc4c(NCCCc5cc[nH]n5)nc(OC[C@@]56CCCN5C[C@H](F)C6)nc4c3F)c12. The maximum atomic E-state index is 16.6. The summed E-state index contributed by atoms with van der Waals surface area (Å²) in [6, 6.07) is 7.69. The number of benzene rings is 2. The molecule has 0 bridgehead atoms. The molecule has 0 radical (unpaired) electrons. The van der Waals surface area contributed by atoms with Crippen LogP contribution in [0.15, 0.2) is 42.7 Å². The van der Waals surface area contributed by atoms with Gasteiger partial charge in [-0.3, -0.25) is 15.0 Å². The Labute approximate surface area is 257 Å². The Bertz CT molecular complexity index is 1870. The zero-order valence-electron chi connectivity index (χ0n) is 24.9. The number of fused-ring (bicyclic) bond motifs is 3. The van der Waals surface area contributed by atoms with E-state index in [1.54, 1.807) is 12.3 Å². The number of aryl methyl sites for hydroxylation is 2. The van der Waals surface area contributed by atoms with E-state index in [0.717, 1.165) is 37.9 Å². The van der Waals surface area contributed by atoms with Crippen molar-refractivity contribution < 1.29 is 23.0 Å². The number of hydrogen-bond donors (Lipinski definition) is 3. The number of ether oxygens (including phenoxy) is 1. The Hall–Kier alpha value is -4.45. The number of aromatic nitrogens is 5. The third kappa shape index (κ3) is 5.41. The number of phenolic OH excluding ortho intramolecular Hbond substituents is 1. The fraction of sp³-hybridized carbons (Fsp3) is 0.394. The molecular weight excluding hydrogens is 583 g/mol. The second-order valence-electron chi connectivity index (χ2n) is 12.0. The molecule has 2 atom stereocenters. The van der Waals surface area contributed by atoms with Crippen molar-refractivity contribution in [2.24, 2.45) is 0 Å². The summed E-state index contributed by atoms with van der Waals surface area (Å²) in [4.78, 5) is 15.7. The summed E-state index contributed by atoms with van der Waals surface area (Å²) in [5.41, 5.74) is 1.05. The molecule has 2 aliphatic heterocycles. The number of rotatable bonds is 10. The maximum absolute atomic E-state index is 16.6. The van der Waals surface area contributed by atoms with Crippen molar-refractivity contribution in [3.63, 3.8) is 0 Å². The van der Waals surface area contributed by atoms with Crippen LogP contribution in [0.4, 0.5) is 19.0 Å². The molecule has 2 aliphatic rings. The van der Waals surface area contributed by atoms with Crippen molar-refractivity contribution in [1.29, 1.82) is 0 Å². The molecule has 0 spiro atoms. The number of anilines is 1. The van der Waals surface area contributed by atoms with Gasteiger partial charge in [-0.15, -0.1) is 0 Å². The average Bonchev–Trinajstić information content (AvgIpc) is 3.75. The maximum Gasteiger partial charge on any atom is 0.319 e. The summed E-state index contributed by atoms with van der Waals surface area (Å²) < 4.78 is 52.0. The van der Waals surface area contributed by atoms with Crippen LogP contribution in [-0.4, -0.2) is 73.1 Å². The molecule has 2 aromatic carbocycles. The van der Waals surface area contributed by atoms with Gasteiger partial charge in [0.15, 0.2) is 5.82 Å². The number of aromatic hydroxyl groups is 1. The zero-order chi connectivity index (χ0) is 31.1. The largest absolute Gasteiger partial charge is 0.508 e. The van der Waals surface area contributed by atoms with Crippen LogP contribution in [-0.2, 0) is 12.8 Å². The third-order valence-electron chi connectivity index (χ3n) is 9.12. The Kier molecular flexibility index (Phi) is 7.68. The molecule has 0 amide bonds. The highest BCUT2D eigenvalue weighted by Crippen LogP contribution is 2.41. The van der Waals surface area contributed by atoms with E-state index in [1.165, 1.54) is 24.4 Å². The average molecular weight is 618 g/mol. The Morgan fingerprint density at radius 2 is 2.09 bits per heavy atom. The van der Waals surface area contributed by atoms with Gasteiger partial charge in [-0.1, -0.05) is 13.0 Å². The minimum Gasteiger partial charge on any atom is -0.508 e. The topological polar surface area (TPSA) is 112 Å². The minimum absolute atomic E-state index is 0.0266. The molecular formula is C33H34F3N7O2. The van der Waals surface area contributed by atoms with E-state index in [2.05, 4.69) is 35.4 Å². The van der Waals surface area contributed by atoms with Gasteiger partial charge in [0, 0.05) is 37.5 Å². The lowest BCUT2D eigenvalue weighted by molar-refractivity contribution is 0.107. The van der Waals surface area contributed by atoms with Crippen molar-refractivity contribution in [2.75, 3.05) is 31.6 Å². The van der Waals surface area contributed by atoms with Crippen molar-refractivity contribution in [2.45, 2.75) is 57.2 Å². The predicted molar refractivity (Wildman–Crippen MR) is 165 cm³/mol. The summed E-state index contributed by atoms with van der Waals surface area (Å²) >= 11 is 0. The Morgan fingerprint density at radius 3 is 2.91 bits per heavy atom. The Morgan fingerprint density at radius 1 is 1.20 bits per heavy atom. The van der Waals surface area contributed by atoms with E-state index in [4.69, 9.17) is 4.74 Å². The lowest BCUT2D eigenvalue weighted by Crippen LogP contribution is -2.43. The second kappa shape index (κ2) is 11.8. The van der Waals surface area contributed by atoms with Crippen LogP contribution in [0.25, 0.3) is 32.9 Å². The van der Waals surface area contributed by atoms with E-state index in [1.807, 2.05) is 13.0 Å². The van der Waals surface area contributed by atoms with Crippen LogP contribution in [0.3, 0.4) is 0 Å². The number of nitrogens with one attached hydrogen (secondary N) is 2. The van der Waals surface area contributed by atoms with E-state index >= 15 is 4.39 Å². The summed E-state index contributed by atoms with van der Waals surface area (Å²) in [6.07, 6.45) is 6.30. The molecule has 5 heterocycles. The van der Waals surface area contributed by atoms with Gasteiger partial charge in [0.2, 0.25) is 0 Å². The van der Waals surface area contributed by atoms with Crippen molar-refractivity contribution in [3.05, 3.63) is 65.6 Å². The fourth-order valence-electron chi connectivity index (χ4n) is 7.01. The summed E-state index contributed by atoms with van der Waals surface area (Å²) in [6.45, 7) is 3.71. The van der Waals surface area contributed by atoms with Gasteiger partial charge < -0.3 is 15.2 Å². The van der Waals surface area contributed by atoms with E-state index < -0.39 is 23.3 Å². The fourth-order valence-corrected chi connectivity index (χ4v) is 7.01. The number of hydrogen-bond acceptors (Lipinski definition) is 8. The molecule has 234 valence electrons. The smallest absolute Gasteiger partial charge is 0.319 e. The summed E-state index contributed by atoms with van der Waals surface area (Å²) in [7, 11) is 0. The number of pyridine rings is 1. The first kappa shape index (κ1) is 29.3. The van der Waals surface area contributed by atoms with Gasteiger partial charge in [0.1, 0.15) is 41.4 Å². The zero-order valence-corrected chi connectivity index (χ0v) is 24.9. The number of aromatic amines is 1. The standard InChI is InChI=1S/C33H34F3N7O2/c1-2-23-26(35)7-6-19-13-22(44)14-24(27(19)23)29-28(36)30-25(16-38-29)31(37-10-3-5-21-8-11-39-42-21)41-32(40-30)45-18-33-9-4-12-43(33)17-20(34)15-33/h6-8,11,13-14,16,20,44H,2-5,9-10,12,15,17-18H2,1H3,(H,39,42)(H,37,40,41)/t20-,33+/m1/s1. The van der Waals surface area contributed by atoms with Gasteiger partial charge in [-0.2, -0.15) is 15.1 Å². The van der Waals surface area contributed by atoms with Gasteiger partial charge in [0.25, 0.3) is 0 Å². The molecule has 2 fully saturated rings. The Balaban J connectivity index is 1.29. The summed E-state index contributed by atoms with van der Waals surface area (Å²) in [5, 5.41) is 22.2. The highest BCUT2D eigenvalue weighted by molar-refractivity contribution is 6.01. The molecule has 12 heteroatoms. The molecule has 0 unspecified atom stereocenters. The van der Waals surface area contributed by atoms with E-state index in [-0.39, 0.29) is 35.1 Å².